The Morgan fingerprint density at radius 2 is 1.58 bits per heavy atom. The number of hydrogen-bond donors (Lipinski definition) is 2. The van der Waals surface area contributed by atoms with Gasteiger partial charge in [-0.15, -0.1) is 0 Å². The van der Waals surface area contributed by atoms with Gasteiger partial charge in [0.1, 0.15) is 5.82 Å². The number of anilines is 1. The number of benzene rings is 1. The number of carbonyl (C=O) groups excluding carboxylic acids is 1. The van der Waals surface area contributed by atoms with Crippen molar-refractivity contribution >= 4 is 11.6 Å². The Labute approximate surface area is 103 Å². The highest BCUT2D eigenvalue weighted by Gasteiger charge is 2.54. The molecular formula is C10H8F6N2O. The number of nitrogens with two attached hydrogens (primary N) is 1. The van der Waals surface area contributed by atoms with Crippen LogP contribution in [-0.2, 0) is 4.79 Å². The van der Waals surface area contributed by atoms with Crippen molar-refractivity contribution in [1.82, 2.24) is 0 Å². The maximum atomic E-state index is 13.1. The van der Waals surface area contributed by atoms with E-state index < -0.39 is 40.8 Å². The summed E-state index contributed by atoms with van der Waals surface area (Å²) in [6.07, 6.45) is -5.09. The molecule has 0 heterocycles. The van der Waals surface area contributed by atoms with Crippen LogP contribution in [0.4, 0.5) is 32.0 Å². The Hall–Kier alpha value is -1.77. The van der Waals surface area contributed by atoms with E-state index in [1.807, 2.05) is 0 Å². The predicted molar refractivity (Wildman–Crippen MR) is 53.6 cm³/mol. The standard InChI is InChI=1S/C10H8F6N2O/c1-9(17,10(14,15)16)8(19)18-7-3-5(12)4(11)2-6(7)13/h2-3H,17H2,1H3,(H,18,19). The number of halogens is 6. The minimum atomic E-state index is -5.09. The van der Waals surface area contributed by atoms with Gasteiger partial charge in [-0.05, 0) is 6.92 Å². The summed E-state index contributed by atoms with van der Waals surface area (Å²) in [5.74, 6) is -6.29. The Morgan fingerprint density at radius 1 is 1.11 bits per heavy atom. The Bertz CT molecular complexity index is 511. The molecule has 3 nitrogen and oxygen atoms in total. The maximum Gasteiger partial charge on any atom is 0.415 e. The lowest BCUT2D eigenvalue weighted by atomic mass is 10.0. The molecule has 0 spiro atoms. The number of nitrogens with one attached hydrogen (secondary N) is 1. The number of rotatable bonds is 2. The third-order valence-electron chi connectivity index (χ3n) is 2.32. The first kappa shape index (κ1) is 15.3. The van der Waals surface area contributed by atoms with Crippen LogP contribution in [-0.4, -0.2) is 17.6 Å². The van der Waals surface area contributed by atoms with E-state index in [-0.39, 0.29) is 12.1 Å². The van der Waals surface area contributed by atoms with Crippen LogP contribution in [0.1, 0.15) is 6.92 Å². The van der Waals surface area contributed by atoms with E-state index in [1.165, 1.54) is 5.32 Å². The fraction of sp³-hybridized carbons (Fsp3) is 0.300. The first-order valence-corrected chi connectivity index (χ1v) is 4.78. The zero-order chi connectivity index (χ0) is 15.0. The molecule has 106 valence electrons. The molecule has 19 heavy (non-hydrogen) atoms. The van der Waals surface area contributed by atoms with Crippen molar-refractivity contribution < 1.29 is 31.1 Å². The summed E-state index contributed by atoms with van der Waals surface area (Å²) in [5.41, 5.74) is 0.535. The normalized spacial score (nSPS) is 14.9. The first-order chi connectivity index (χ1) is 8.46. The van der Waals surface area contributed by atoms with Crippen LogP contribution in [0.2, 0.25) is 0 Å². The van der Waals surface area contributed by atoms with Crippen LogP contribution in [0.5, 0.6) is 0 Å². The Morgan fingerprint density at radius 3 is 2.05 bits per heavy atom. The molecule has 0 saturated heterocycles. The van der Waals surface area contributed by atoms with Crippen molar-refractivity contribution in [3.05, 3.63) is 29.6 Å². The number of carbonyl (C=O) groups is 1. The Balaban J connectivity index is 3.05. The number of amides is 1. The van der Waals surface area contributed by atoms with Crippen molar-refractivity contribution in [2.24, 2.45) is 5.73 Å². The van der Waals surface area contributed by atoms with Gasteiger partial charge in [0.15, 0.2) is 17.2 Å². The maximum absolute atomic E-state index is 13.1. The second kappa shape index (κ2) is 4.72. The largest absolute Gasteiger partial charge is 0.415 e. The zero-order valence-corrected chi connectivity index (χ0v) is 9.41. The van der Waals surface area contributed by atoms with Crippen molar-refractivity contribution in [1.29, 1.82) is 0 Å². The van der Waals surface area contributed by atoms with Gasteiger partial charge in [0.25, 0.3) is 5.91 Å². The summed E-state index contributed by atoms with van der Waals surface area (Å²) in [4.78, 5) is 11.3. The highest BCUT2D eigenvalue weighted by Crippen LogP contribution is 2.29. The zero-order valence-electron chi connectivity index (χ0n) is 9.41. The van der Waals surface area contributed by atoms with Crippen LogP contribution in [0.25, 0.3) is 0 Å². The van der Waals surface area contributed by atoms with Crippen molar-refractivity contribution in [2.45, 2.75) is 18.6 Å². The van der Waals surface area contributed by atoms with Gasteiger partial charge in [0.2, 0.25) is 0 Å². The molecule has 1 rings (SSSR count). The summed E-state index contributed by atoms with van der Waals surface area (Å²) in [5, 5.41) is 1.46. The molecule has 1 aromatic carbocycles. The van der Waals surface area contributed by atoms with Gasteiger partial charge in [-0.3, -0.25) is 4.79 Å². The molecule has 1 aromatic rings. The van der Waals surface area contributed by atoms with Crippen LogP contribution in [0, 0.1) is 17.5 Å². The van der Waals surface area contributed by atoms with E-state index in [2.05, 4.69) is 0 Å². The van der Waals surface area contributed by atoms with E-state index in [4.69, 9.17) is 5.73 Å². The van der Waals surface area contributed by atoms with Crippen molar-refractivity contribution in [3.63, 3.8) is 0 Å². The van der Waals surface area contributed by atoms with E-state index >= 15 is 0 Å². The molecule has 0 radical (unpaired) electrons. The summed E-state index contributed by atoms with van der Waals surface area (Å²) >= 11 is 0. The highest BCUT2D eigenvalue weighted by molar-refractivity contribution is 5.98. The van der Waals surface area contributed by atoms with E-state index in [0.29, 0.717) is 6.92 Å². The lowest BCUT2D eigenvalue weighted by Gasteiger charge is -2.26. The van der Waals surface area contributed by atoms with Crippen LogP contribution in [0.3, 0.4) is 0 Å². The van der Waals surface area contributed by atoms with Crippen molar-refractivity contribution in [2.75, 3.05) is 5.32 Å². The Kier molecular flexibility index (Phi) is 3.80. The van der Waals surface area contributed by atoms with E-state index in [9.17, 15) is 31.1 Å². The topological polar surface area (TPSA) is 55.1 Å². The molecule has 1 amide bonds. The summed E-state index contributed by atoms with van der Waals surface area (Å²) in [7, 11) is 0. The average molecular weight is 286 g/mol. The van der Waals surface area contributed by atoms with Gasteiger partial charge in [0, 0.05) is 12.1 Å². The fourth-order valence-corrected chi connectivity index (χ4v) is 0.999. The van der Waals surface area contributed by atoms with Gasteiger partial charge in [-0.2, -0.15) is 13.2 Å². The van der Waals surface area contributed by atoms with Crippen molar-refractivity contribution in [3.8, 4) is 0 Å². The van der Waals surface area contributed by atoms with Gasteiger partial charge in [-0.25, -0.2) is 13.2 Å². The molecular weight excluding hydrogens is 278 g/mol. The third-order valence-corrected chi connectivity index (χ3v) is 2.32. The molecule has 1 unspecified atom stereocenters. The van der Waals surface area contributed by atoms with E-state index in [0.717, 1.165) is 0 Å². The van der Waals surface area contributed by atoms with E-state index in [1.54, 1.807) is 0 Å². The van der Waals surface area contributed by atoms with Crippen LogP contribution in [0.15, 0.2) is 12.1 Å². The molecule has 1 atom stereocenters. The van der Waals surface area contributed by atoms with Crippen LogP contribution >= 0.6 is 0 Å². The monoisotopic (exact) mass is 286 g/mol. The lowest BCUT2D eigenvalue weighted by molar-refractivity contribution is -0.184. The molecule has 9 heteroatoms. The molecule has 0 aliphatic heterocycles. The molecule has 3 N–H and O–H groups in total. The quantitative estimate of drug-likeness (QED) is 0.647. The smallest absolute Gasteiger partial charge is 0.322 e. The molecule has 0 bridgehead atoms. The molecule has 0 saturated carbocycles. The third kappa shape index (κ3) is 2.98. The predicted octanol–water partition coefficient (Wildman–Crippen LogP) is 2.32. The molecule has 0 fully saturated rings. The molecule has 0 aliphatic rings. The average Bonchev–Trinajstić information content (AvgIpc) is 2.24. The number of hydrogen-bond acceptors (Lipinski definition) is 2. The molecule has 0 aromatic heterocycles. The van der Waals surface area contributed by atoms with Gasteiger partial charge >= 0.3 is 6.18 Å². The lowest BCUT2D eigenvalue weighted by Crippen LogP contribution is -2.59. The minimum Gasteiger partial charge on any atom is -0.322 e. The summed E-state index contributed by atoms with van der Waals surface area (Å²) in [6, 6.07) is 0.307. The van der Waals surface area contributed by atoms with Gasteiger partial charge in [0.05, 0.1) is 5.69 Å². The second-order valence-corrected chi connectivity index (χ2v) is 3.90. The second-order valence-electron chi connectivity index (χ2n) is 3.90. The SMILES string of the molecule is CC(N)(C(=O)Nc1cc(F)c(F)cc1F)C(F)(F)F. The van der Waals surface area contributed by atoms with Crippen LogP contribution < -0.4 is 11.1 Å². The minimum absolute atomic E-state index is 0.0897. The summed E-state index contributed by atoms with van der Waals surface area (Å²) in [6.45, 7) is 0.361. The highest BCUT2D eigenvalue weighted by atomic mass is 19.4. The number of alkyl halides is 3. The fourth-order valence-electron chi connectivity index (χ4n) is 0.999. The van der Waals surface area contributed by atoms with Gasteiger partial charge in [-0.1, -0.05) is 0 Å². The molecule has 0 aliphatic carbocycles. The summed E-state index contributed by atoms with van der Waals surface area (Å²) < 4.78 is 75.8. The first-order valence-electron chi connectivity index (χ1n) is 4.78. The van der Waals surface area contributed by atoms with Gasteiger partial charge < -0.3 is 11.1 Å².